The molecule has 1 aliphatic heterocycles. The van der Waals surface area contributed by atoms with E-state index in [0.717, 1.165) is 9.78 Å². The van der Waals surface area contributed by atoms with E-state index in [4.69, 9.17) is 0 Å². The summed E-state index contributed by atoms with van der Waals surface area (Å²) in [6.45, 7) is 2.64. The Morgan fingerprint density at radius 1 is 1.11 bits per heavy atom. The Balaban J connectivity index is 1.78. The highest BCUT2D eigenvalue weighted by Gasteiger charge is 2.46. The third-order valence-corrected chi connectivity index (χ3v) is 5.18. The number of halogens is 1. The minimum atomic E-state index is -1.02. The Bertz CT molecular complexity index is 912. The number of carbonyl (C=O) groups excluding carboxylic acids is 4. The first-order valence-electron chi connectivity index (χ1n) is 8.57. The SMILES string of the molecule is CC(C)N1C(=O)C(=O)N(CC(=O)N[C@@H](c2ccc(F)cc2)c2cccs2)C1=O. The van der Waals surface area contributed by atoms with Crippen molar-refractivity contribution in [2.75, 3.05) is 6.54 Å². The van der Waals surface area contributed by atoms with Gasteiger partial charge in [0, 0.05) is 10.9 Å². The number of carbonyl (C=O) groups is 4. The molecule has 1 N–H and O–H groups in total. The minimum Gasteiger partial charge on any atom is -0.343 e. The molecular formula is C19H18FN3O4S. The van der Waals surface area contributed by atoms with E-state index < -0.39 is 48.2 Å². The molecule has 146 valence electrons. The van der Waals surface area contributed by atoms with E-state index in [0.29, 0.717) is 10.5 Å². The summed E-state index contributed by atoms with van der Waals surface area (Å²) in [6, 6.07) is 7.43. The Morgan fingerprint density at radius 3 is 2.32 bits per heavy atom. The molecule has 0 saturated carbocycles. The molecular weight excluding hydrogens is 385 g/mol. The molecule has 0 aliphatic carbocycles. The zero-order valence-corrected chi connectivity index (χ0v) is 16.0. The molecule has 3 rings (SSSR count). The van der Waals surface area contributed by atoms with Crippen molar-refractivity contribution in [3.63, 3.8) is 0 Å². The molecule has 9 heteroatoms. The van der Waals surface area contributed by atoms with Crippen molar-refractivity contribution in [2.45, 2.75) is 25.9 Å². The van der Waals surface area contributed by atoms with Crippen LogP contribution in [0, 0.1) is 5.82 Å². The molecule has 0 bridgehead atoms. The maximum absolute atomic E-state index is 13.2. The second-order valence-corrected chi connectivity index (χ2v) is 7.49. The highest BCUT2D eigenvalue weighted by molar-refractivity contribution is 7.10. The van der Waals surface area contributed by atoms with Crippen LogP contribution in [0.4, 0.5) is 9.18 Å². The fourth-order valence-electron chi connectivity index (χ4n) is 2.90. The van der Waals surface area contributed by atoms with Crippen LogP contribution in [0.2, 0.25) is 0 Å². The second-order valence-electron chi connectivity index (χ2n) is 6.51. The molecule has 1 aromatic heterocycles. The average Bonchev–Trinajstić information content (AvgIpc) is 3.24. The summed E-state index contributed by atoms with van der Waals surface area (Å²) in [7, 11) is 0. The molecule has 1 aromatic carbocycles. The number of benzene rings is 1. The van der Waals surface area contributed by atoms with Gasteiger partial charge in [-0.25, -0.2) is 14.1 Å². The van der Waals surface area contributed by atoms with Crippen molar-refractivity contribution in [1.29, 1.82) is 0 Å². The van der Waals surface area contributed by atoms with E-state index in [9.17, 15) is 23.6 Å². The van der Waals surface area contributed by atoms with Gasteiger partial charge in [-0.1, -0.05) is 18.2 Å². The summed E-state index contributed by atoms with van der Waals surface area (Å²) in [5.41, 5.74) is 0.649. The van der Waals surface area contributed by atoms with Gasteiger partial charge < -0.3 is 5.32 Å². The number of hydrogen-bond acceptors (Lipinski definition) is 5. The summed E-state index contributed by atoms with van der Waals surface area (Å²) in [5, 5.41) is 4.59. The number of thiophene rings is 1. The molecule has 0 radical (unpaired) electrons. The molecule has 1 saturated heterocycles. The zero-order chi connectivity index (χ0) is 20.4. The molecule has 28 heavy (non-hydrogen) atoms. The van der Waals surface area contributed by atoms with Gasteiger partial charge >= 0.3 is 17.8 Å². The largest absolute Gasteiger partial charge is 0.343 e. The normalized spacial score (nSPS) is 15.5. The van der Waals surface area contributed by atoms with Crippen molar-refractivity contribution in [1.82, 2.24) is 15.1 Å². The fraction of sp³-hybridized carbons (Fsp3) is 0.263. The number of rotatable bonds is 6. The molecule has 0 spiro atoms. The Kier molecular flexibility index (Phi) is 5.55. The Labute approximate surface area is 164 Å². The van der Waals surface area contributed by atoms with Gasteiger partial charge in [0.15, 0.2) is 0 Å². The lowest BCUT2D eigenvalue weighted by atomic mass is 10.1. The number of nitrogens with one attached hydrogen (secondary N) is 1. The number of imide groups is 2. The number of amides is 5. The predicted octanol–water partition coefficient (Wildman–Crippen LogP) is 2.29. The van der Waals surface area contributed by atoms with Crippen molar-refractivity contribution in [2.24, 2.45) is 0 Å². The highest BCUT2D eigenvalue weighted by atomic mass is 32.1. The smallest absolute Gasteiger partial charge is 0.334 e. The maximum Gasteiger partial charge on any atom is 0.334 e. The van der Waals surface area contributed by atoms with Crippen molar-refractivity contribution >= 4 is 35.1 Å². The lowest BCUT2D eigenvalue weighted by Crippen LogP contribution is -2.43. The second kappa shape index (κ2) is 7.89. The van der Waals surface area contributed by atoms with E-state index in [1.165, 1.54) is 23.5 Å². The van der Waals surface area contributed by atoms with Gasteiger partial charge in [0.2, 0.25) is 5.91 Å². The first-order valence-corrected chi connectivity index (χ1v) is 9.44. The van der Waals surface area contributed by atoms with E-state index in [2.05, 4.69) is 5.32 Å². The fourth-order valence-corrected chi connectivity index (χ4v) is 3.70. The quantitative estimate of drug-likeness (QED) is 0.592. The van der Waals surface area contributed by atoms with Crippen molar-refractivity contribution < 1.29 is 23.6 Å². The minimum absolute atomic E-state index is 0.402. The van der Waals surface area contributed by atoms with Crippen LogP contribution in [0.25, 0.3) is 0 Å². The van der Waals surface area contributed by atoms with Gasteiger partial charge in [-0.05, 0) is 43.0 Å². The summed E-state index contributed by atoms with van der Waals surface area (Å²) in [4.78, 5) is 51.2. The van der Waals surface area contributed by atoms with Gasteiger partial charge in [0.25, 0.3) is 0 Å². The van der Waals surface area contributed by atoms with Crippen LogP contribution in [-0.2, 0) is 14.4 Å². The van der Waals surface area contributed by atoms with Crippen LogP contribution in [0.15, 0.2) is 41.8 Å². The van der Waals surface area contributed by atoms with Crippen LogP contribution in [0.3, 0.4) is 0 Å². The summed E-state index contributed by atoms with van der Waals surface area (Å²) < 4.78 is 13.2. The maximum atomic E-state index is 13.2. The molecule has 1 fully saturated rings. The van der Waals surface area contributed by atoms with Gasteiger partial charge in [0.1, 0.15) is 12.4 Å². The number of hydrogen-bond donors (Lipinski definition) is 1. The van der Waals surface area contributed by atoms with E-state index in [1.807, 2.05) is 17.5 Å². The van der Waals surface area contributed by atoms with Crippen molar-refractivity contribution in [3.8, 4) is 0 Å². The van der Waals surface area contributed by atoms with Gasteiger partial charge in [-0.2, -0.15) is 0 Å². The third kappa shape index (κ3) is 3.79. The lowest BCUT2D eigenvalue weighted by Gasteiger charge is -2.21. The predicted molar refractivity (Wildman–Crippen MR) is 99.8 cm³/mol. The van der Waals surface area contributed by atoms with E-state index >= 15 is 0 Å². The van der Waals surface area contributed by atoms with Crippen molar-refractivity contribution in [3.05, 3.63) is 58.0 Å². The molecule has 7 nitrogen and oxygen atoms in total. The number of urea groups is 1. The van der Waals surface area contributed by atoms with Gasteiger partial charge in [-0.3, -0.25) is 19.3 Å². The average molecular weight is 403 g/mol. The monoisotopic (exact) mass is 403 g/mol. The van der Waals surface area contributed by atoms with Crippen LogP contribution in [-0.4, -0.2) is 46.1 Å². The lowest BCUT2D eigenvalue weighted by molar-refractivity contribution is -0.144. The van der Waals surface area contributed by atoms with Crippen LogP contribution >= 0.6 is 11.3 Å². The molecule has 0 unspecified atom stereocenters. The standard InChI is InChI=1S/C19H18FN3O4S/c1-11(2)23-18(26)17(25)22(19(23)27)10-15(24)21-16(14-4-3-9-28-14)12-5-7-13(20)8-6-12/h3-9,11,16H,10H2,1-2H3,(H,21,24)/t16-/m0/s1. The van der Waals surface area contributed by atoms with Gasteiger partial charge in [0.05, 0.1) is 6.04 Å². The van der Waals surface area contributed by atoms with Crippen LogP contribution in [0.1, 0.15) is 30.3 Å². The molecule has 5 amide bonds. The summed E-state index contributed by atoms with van der Waals surface area (Å²) in [5.74, 6) is -2.98. The molecule has 1 atom stereocenters. The number of nitrogens with zero attached hydrogens (tertiary/aromatic N) is 2. The molecule has 1 aliphatic rings. The Morgan fingerprint density at radius 2 is 1.79 bits per heavy atom. The summed E-state index contributed by atoms with van der Waals surface area (Å²) >= 11 is 1.40. The summed E-state index contributed by atoms with van der Waals surface area (Å²) in [6.07, 6.45) is 0. The zero-order valence-electron chi connectivity index (χ0n) is 15.2. The van der Waals surface area contributed by atoms with Gasteiger partial charge in [-0.15, -0.1) is 11.3 Å². The van der Waals surface area contributed by atoms with Crippen LogP contribution < -0.4 is 5.32 Å². The van der Waals surface area contributed by atoms with E-state index in [1.54, 1.807) is 26.0 Å². The third-order valence-electron chi connectivity index (χ3n) is 4.24. The highest BCUT2D eigenvalue weighted by Crippen LogP contribution is 2.26. The first-order chi connectivity index (χ1) is 13.3. The topological polar surface area (TPSA) is 86.8 Å². The Hall–Kier alpha value is -3.07. The molecule has 2 aromatic rings. The first kappa shape index (κ1) is 19.7. The van der Waals surface area contributed by atoms with E-state index in [-0.39, 0.29) is 0 Å². The van der Waals surface area contributed by atoms with Crippen LogP contribution in [0.5, 0.6) is 0 Å². The molecule has 2 heterocycles.